The van der Waals surface area contributed by atoms with Crippen LogP contribution in [0.25, 0.3) is 0 Å². The van der Waals surface area contributed by atoms with E-state index in [9.17, 15) is 4.79 Å². The third kappa shape index (κ3) is 6.40. The van der Waals surface area contributed by atoms with Crippen molar-refractivity contribution in [3.63, 3.8) is 0 Å². The van der Waals surface area contributed by atoms with E-state index in [-0.39, 0.29) is 5.97 Å². The second kappa shape index (κ2) is 6.55. The molecule has 0 fully saturated rings. The smallest absolute Gasteiger partial charge is 0.307 e. The molecule has 3 heteroatoms. The highest BCUT2D eigenvalue weighted by atomic mass is 16.6. The van der Waals surface area contributed by atoms with Crippen molar-refractivity contribution in [2.75, 3.05) is 6.54 Å². The number of rotatable bonds is 5. The van der Waals surface area contributed by atoms with E-state index in [2.05, 4.69) is 36.5 Å². The zero-order chi connectivity index (χ0) is 13.6. The van der Waals surface area contributed by atoms with Crippen molar-refractivity contribution in [1.29, 1.82) is 0 Å². The van der Waals surface area contributed by atoms with Gasteiger partial charge >= 0.3 is 5.97 Å². The largest absolute Gasteiger partial charge is 0.460 e. The quantitative estimate of drug-likeness (QED) is 0.644. The highest BCUT2D eigenvalue weighted by Gasteiger charge is 2.15. The lowest BCUT2D eigenvalue weighted by Crippen LogP contribution is -2.26. The summed E-state index contributed by atoms with van der Waals surface area (Å²) in [7, 11) is 0. The molecule has 0 bridgehead atoms. The second-order valence-electron chi connectivity index (χ2n) is 5.50. The minimum Gasteiger partial charge on any atom is -0.460 e. The summed E-state index contributed by atoms with van der Waals surface area (Å²) < 4.78 is 5.23. The Morgan fingerprint density at radius 2 is 1.83 bits per heavy atom. The van der Waals surface area contributed by atoms with Crippen LogP contribution in [-0.2, 0) is 16.1 Å². The van der Waals surface area contributed by atoms with Crippen molar-refractivity contribution < 1.29 is 9.53 Å². The normalized spacial score (nSPS) is 11.3. The van der Waals surface area contributed by atoms with Crippen LogP contribution >= 0.6 is 0 Å². The van der Waals surface area contributed by atoms with E-state index in [1.54, 1.807) is 0 Å². The molecule has 0 heterocycles. The minimum absolute atomic E-state index is 0.154. The molecule has 1 rings (SSSR count). The Morgan fingerprint density at radius 1 is 1.22 bits per heavy atom. The molecule has 100 valence electrons. The molecule has 0 aromatic heterocycles. The maximum absolute atomic E-state index is 11.5. The van der Waals surface area contributed by atoms with Crippen LogP contribution in [0, 0.1) is 6.92 Å². The van der Waals surface area contributed by atoms with E-state index in [0.29, 0.717) is 13.0 Å². The number of carbonyl (C=O) groups is 1. The lowest BCUT2D eigenvalue weighted by atomic mass is 10.1. The Morgan fingerprint density at radius 3 is 2.39 bits per heavy atom. The van der Waals surface area contributed by atoms with Crippen LogP contribution in [0.5, 0.6) is 0 Å². The zero-order valence-corrected chi connectivity index (χ0v) is 11.7. The van der Waals surface area contributed by atoms with Crippen LogP contribution in [-0.4, -0.2) is 18.1 Å². The molecule has 0 saturated carbocycles. The van der Waals surface area contributed by atoms with Crippen molar-refractivity contribution in [2.24, 2.45) is 0 Å². The number of carbonyl (C=O) groups excluding carboxylic acids is 1. The third-order valence-electron chi connectivity index (χ3n) is 2.38. The molecule has 0 atom stereocenters. The van der Waals surface area contributed by atoms with Crippen LogP contribution in [0.1, 0.15) is 38.3 Å². The molecule has 1 aromatic rings. The lowest BCUT2D eigenvalue weighted by Gasteiger charge is -2.19. The van der Waals surface area contributed by atoms with Crippen LogP contribution < -0.4 is 5.32 Å². The molecule has 0 amide bonds. The minimum atomic E-state index is -0.395. The summed E-state index contributed by atoms with van der Waals surface area (Å²) in [4.78, 5) is 11.5. The van der Waals surface area contributed by atoms with Gasteiger partial charge < -0.3 is 10.1 Å². The summed E-state index contributed by atoms with van der Waals surface area (Å²) in [5.74, 6) is -0.154. The van der Waals surface area contributed by atoms with Crippen molar-refractivity contribution >= 4 is 5.97 Å². The first kappa shape index (κ1) is 14.7. The topological polar surface area (TPSA) is 38.3 Å². The Balaban J connectivity index is 2.19. The molecule has 0 unspecified atom stereocenters. The summed E-state index contributed by atoms with van der Waals surface area (Å²) in [6.45, 7) is 9.13. The molecule has 18 heavy (non-hydrogen) atoms. The highest BCUT2D eigenvalue weighted by molar-refractivity contribution is 5.70. The molecule has 0 saturated heterocycles. The van der Waals surface area contributed by atoms with Crippen LogP contribution in [0.2, 0.25) is 0 Å². The fourth-order valence-corrected chi connectivity index (χ4v) is 1.52. The molecule has 0 aliphatic carbocycles. The first-order chi connectivity index (χ1) is 8.37. The maximum atomic E-state index is 11.5. The summed E-state index contributed by atoms with van der Waals surface area (Å²) >= 11 is 0. The van der Waals surface area contributed by atoms with E-state index in [1.165, 1.54) is 11.1 Å². The molecule has 1 N–H and O–H groups in total. The first-order valence-corrected chi connectivity index (χ1v) is 6.35. The van der Waals surface area contributed by atoms with Crippen LogP contribution in [0.3, 0.4) is 0 Å². The van der Waals surface area contributed by atoms with Gasteiger partial charge in [0.1, 0.15) is 5.60 Å². The maximum Gasteiger partial charge on any atom is 0.307 e. The predicted octanol–water partition coefficient (Wildman–Crippen LogP) is 2.82. The number of ether oxygens (including phenoxy) is 1. The number of aryl methyl sites for hydroxylation is 1. The monoisotopic (exact) mass is 249 g/mol. The Bertz CT molecular complexity index is 376. The summed E-state index contributed by atoms with van der Waals surface area (Å²) in [6, 6.07) is 8.36. The standard InChI is InChI=1S/C15H23NO2/c1-12-5-7-13(8-6-12)11-16-10-9-14(17)18-15(2,3)4/h5-8,16H,9-11H2,1-4H3. The van der Waals surface area contributed by atoms with E-state index in [0.717, 1.165) is 6.54 Å². The molecule has 0 radical (unpaired) electrons. The first-order valence-electron chi connectivity index (χ1n) is 6.35. The van der Waals surface area contributed by atoms with Gasteiger partial charge in [-0.1, -0.05) is 29.8 Å². The average Bonchev–Trinajstić information content (AvgIpc) is 2.24. The van der Waals surface area contributed by atoms with Crippen molar-refractivity contribution in [3.05, 3.63) is 35.4 Å². The molecule has 3 nitrogen and oxygen atoms in total. The Kier molecular flexibility index (Phi) is 5.35. The number of nitrogens with one attached hydrogen (secondary N) is 1. The second-order valence-corrected chi connectivity index (χ2v) is 5.50. The highest BCUT2D eigenvalue weighted by Crippen LogP contribution is 2.08. The van der Waals surface area contributed by atoms with Crippen molar-refractivity contribution in [2.45, 2.75) is 46.3 Å². The van der Waals surface area contributed by atoms with E-state index >= 15 is 0 Å². The van der Waals surface area contributed by atoms with Crippen molar-refractivity contribution in [1.82, 2.24) is 5.32 Å². The van der Waals surface area contributed by atoms with Gasteiger partial charge in [-0.3, -0.25) is 4.79 Å². The van der Waals surface area contributed by atoms with Gasteiger partial charge in [0.25, 0.3) is 0 Å². The predicted molar refractivity (Wildman–Crippen MR) is 73.3 cm³/mol. The fraction of sp³-hybridized carbons (Fsp3) is 0.533. The van der Waals surface area contributed by atoms with Gasteiger partial charge in [0.05, 0.1) is 6.42 Å². The molecule has 0 spiro atoms. The third-order valence-corrected chi connectivity index (χ3v) is 2.38. The molecular formula is C15H23NO2. The van der Waals surface area contributed by atoms with Gasteiger partial charge in [0, 0.05) is 13.1 Å². The van der Waals surface area contributed by atoms with Gasteiger partial charge in [-0.25, -0.2) is 0 Å². The van der Waals surface area contributed by atoms with Gasteiger partial charge in [-0.15, -0.1) is 0 Å². The van der Waals surface area contributed by atoms with Crippen LogP contribution in [0.15, 0.2) is 24.3 Å². The SMILES string of the molecule is Cc1ccc(CNCCC(=O)OC(C)(C)C)cc1. The van der Waals surface area contributed by atoms with E-state index < -0.39 is 5.60 Å². The molecule has 0 aliphatic heterocycles. The average molecular weight is 249 g/mol. The summed E-state index contributed by atoms with van der Waals surface area (Å²) in [5, 5.41) is 3.24. The number of hydrogen-bond acceptors (Lipinski definition) is 3. The van der Waals surface area contributed by atoms with Gasteiger partial charge in [-0.05, 0) is 33.3 Å². The molecule has 0 aliphatic rings. The lowest BCUT2D eigenvalue weighted by molar-refractivity contribution is -0.154. The Labute approximate surface area is 110 Å². The fourth-order valence-electron chi connectivity index (χ4n) is 1.52. The van der Waals surface area contributed by atoms with Gasteiger partial charge in [0.15, 0.2) is 0 Å². The van der Waals surface area contributed by atoms with Crippen LogP contribution in [0.4, 0.5) is 0 Å². The van der Waals surface area contributed by atoms with Gasteiger partial charge in [-0.2, -0.15) is 0 Å². The number of hydrogen-bond donors (Lipinski definition) is 1. The summed E-state index contributed by atoms with van der Waals surface area (Å²) in [6.07, 6.45) is 0.406. The molecular weight excluding hydrogens is 226 g/mol. The zero-order valence-electron chi connectivity index (χ0n) is 11.7. The van der Waals surface area contributed by atoms with E-state index in [1.807, 2.05) is 20.8 Å². The summed E-state index contributed by atoms with van der Waals surface area (Å²) in [5.41, 5.74) is 2.09. The van der Waals surface area contributed by atoms with Crippen molar-refractivity contribution in [3.8, 4) is 0 Å². The Hall–Kier alpha value is -1.35. The molecule has 1 aromatic carbocycles. The van der Waals surface area contributed by atoms with Gasteiger partial charge in [0.2, 0.25) is 0 Å². The van der Waals surface area contributed by atoms with E-state index in [4.69, 9.17) is 4.74 Å². The number of esters is 1. The number of benzene rings is 1.